The zero-order valence-corrected chi connectivity index (χ0v) is 27.6. The first-order valence-corrected chi connectivity index (χ1v) is 16.6. The molecular formula is C36H36N2O6S2. The lowest BCUT2D eigenvalue weighted by Gasteiger charge is -2.50. The third kappa shape index (κ3) is 5.37. The molecule has 1 aliphatic carbocycles. The Hall–Kier alpha value is -4.15. The number of hydrogen-bond donors (Lipinski definition) is 2. The highest BCUT2D eigenvalue weighted by Crippen LogP contribution is 2.61. The number of anilines is 2. The second-order valence-corrected chi connectivity index (χ2v) is 14.2. The van der Waals surface area contributed by atoms with Gasteiger partial charge in [0.05, 0.1) is 17.6 Å². The van der Waals surface area contributed by atoms with Crippen molar-refractivity contribution >= 4 is 63.6 Å². The smallest absolute Gasteiger partial charge is 0.326 e. The molecule has 3 aliphatic rings. The molecule has 0 bridgehead atoms. The molecule has 3 aromatic carbocycles. The van der Waals surface area contributed by atoms with Gasteiger partial charge in [0.15, 0.2) is 0 Å². The van der Waals surface area contributed by atoms with Crippen LogP contribution in [0.1, 0.15) is 63.5 Å². The first-order chi connectivity index (χ1) is 22.0. The number of nitrogens with zero attached hydrogens (tertiary/aromatic N) is 2. The summed E-state index contributed by atoms with van der Waals surface area (Å²) in [5.74, 6) is -2.11. The summed E-state index contributed by atoms with van der Waals surface area (Å²) in [6, 6.07) is 21.7. The van der Waals surface area contributed by atoms with Gasteiger partial charge in [-0.1, -0.05) is 74.1 Å². The van der Waals surface area contributed by atoms with Gasteiger partial charge in [-0.3, -0.25) is 14.5 Å². The van der Waals surface area contributed by atoms with E-state index < -0.39 is 23.9 Å². The second kappa shape index (κ2) is 12.2. The number of carbonyl (C=O) groups excluding carboxylic acids is 1. The minimum absolute atomic E-state index is 0.0243. The Morgan fingerprint density at radius 1 is 1.00 bits per heavy atom. The van der Waals surface area contributed by atoms with E-state index in [4.69, 9.17) is 22.1 Å². The third-order valence-corrected chi connectivity index (χ3v) is 11.4. The van der Waals surface area contributed by atoms with E-state index in [1.165, 1.54) is 24.1 Å². The predicted octanol–water partition coefficient (Wildman–Crippen LogP) is 7.62. The molecule has 2 heterocycles. The standard InChI is InChI=1S/C36H36N2O6S2/c1-35-18-4-5-19-36(35,2)38(25-11-13-26(44-3)14-12-25)28-15-10-24(21-27(28)35)23-8-6-22(7-9-23)20-30-32(41)37(34(45)46-30)29(33(42)43)16-17-31(39)40/h6-15,20-21,29H,4-5,16-19H2,1-3H3,(H,39,40)(H,42,43)/b30-20-. The number of benzene rings is 3. The van der Waals surface area contributed by atoms with Crippen LogP contribution in [0, 0.1) is 0 Å². The van der Waals surface area contributed by atoms with E-state index in [1.807, 2.05) is 36.4 Å². The Morgan fingerprint density at radius 2 is 1.67 bits per heavy atom. The van der Waals surface area contributed by atoms with Gasteiger partial charge in [-0.25, -0.2) is 4.79 Å². The van der Waals surface area contributed by atoms with E-state index in [1.54, 1.807) is 13.2 Å². The Morgan fingerprint density at radius 3 is 2.33 bits per heavy atom. The zero-order valence-electron chi connectivity index (χ0n) is 26.0. The largest absolute Gasteiger partial charge is 0.497 e. The fraction of sp³-hybridized carbons (Fsp3) is 0.333. The molecule has 10 heteroatoms. The van der Waals surface area contributed by atoms with Crippen molar-refractivity contribution in [2.75, 3.05) is 12.0 Å². The van der Waals surface area contributed by atoms with Gasteiger partial charge in [0.25, 0.3) is 5.91 Å². The number of thiocarbonyl (C=S) groups is 1. The number of ether oxygens (including phenoxy) is 1. The Kier molecular flexibility index (Phi) is 8.45. The van der Waals surface area contributed by atoms with Crippen LogP contribution in [0.4, 0.5) is 11.4 Å². The van der Waals surface area contributed by atoms with Crippen molar-refractivity contribution in [1.29, 1.82) is 0 Å². The Balaban J connectivity index is 1.28. The van der Waals surface area contributed by atoms with E-state index >= 15 is 0 Å². The van der Waals surface area contributed by atoms with Crippen LogP contribution in [-0.4, -0.2) is 56.0 Å². The normalized spacial score (nSPS) is 23.8. The molecule has 238 valence electrons. The van der Waals surface area contributed by atoms with Crippen LogP contribution in [0.5, 0.6) is 5.75 Å². The highest BCUT2D eigenvalue weighted by molar-refractivity contribution is 8.26. The van der Waals surface area contributed by atoms with Crippen LogP contribution in [0.3, 0.4) is 0 Å². The van der Waals surface area contributed by atoms with Crippen molar-refractivity contribution < 1.29 is 29.3 Å². The maximum atomic E-state index is 13.2. The number of hydrogen-bond acceptors (Lipinski definition) is 7. The highest BCUT2D eigenvalue weighted by atomic mass is 32.2. The molecule has 1 saturated heterocycles. The number of carboxylic acids is 2. The van der Waals surface area contributed by atoms with Crippen LogP contribution in [0.15, 0.2) is 71.6 Å². The van der Waals surface area contributed by atoms with Gasteiger partial charge in [-0.05, 0) is 90.9 Å². The van der Waals surface area contributed by atoms with E-state index in [-0.39, 0.29) is 28.1 Å². The summed E-state index contributed by atoms with van der Waals surface area (Å²) in [5, 5.41) is 18.7. The summed E-state index contributed by atoms with van der Waals surface area (Å²) in [4.78, 5) is 39.9. The van der Waals surface area contributed by atoms with Gasteiger partial charge in [0.1, 0.15) is 16.1 Å². The van der Waals surface area contributed by atoms with Gasteiger partial charge in [0.2, 0.25) is 0 Å². The summed E-state index contributed by atoms with van der Waals surface area (Å²) in [6.07, 6.45) is 5.70. The van der Waals surface area contributed by atoms with Crippen molar-refractivity contribution in [3.63, 3.8) is 0 Å². The SMILES string of the molecule is COc1ccc(N2c3ccc(-c4ccc(/C=C5\SC(=S)N(C(CCC(=O)O)C(=O)O)C5=O)cc4)cc3C3(C)CCCCC23C)cc1. The fourth-order valence-electron chi connectivity index (χ4n) is 7.34. The van der Waals surface area contributed by atoms with Gasteiger partial charge in [-0.2, -0.15) is 0 Å². The predicted molar refractivity (Wildman–Crippen MR) is 185 cm³/mol. The summed E-state index contributed by atoms with van der Waals surface area (Å²) in [6.45, 7) is 4.81. The molecule has 1 saturated carbocycles. The monoisotopic (exact) mass is 656 g/mol. The quantitative estimate of drug-likeness (QED) is 0.178. The summed E-state index contributed by atoms with van der Waals surface area (Å²) < 4.78 is 5.53. The summed E-state index contributed by atoms with van der Waals surface area (Å²) >= 11 is 6.35. The molecule has 6 rings (SSSR count). The number of carbonyl (C=O) groups is 3. The summed E-state index contributed by atoms with van der Waals surface area (Å²) in [7, 11) is 1.69. The molecule has 8 nitrogen and oxygen atoms in total. The molecule has 3 atom stereocenters. The fourth-order valence-corrected chi connectivity index (χ4v) is 8.70. The Labute approximate surface area is 278 Å². The van der Waals surface area contributed by atoms with Gasteiger partial charge >= 0.3 is 11.9 Å². The first-order valence-electron chi connectivity index (χ1n) is 15.4. The number of fused-ring (bicyclic) bond motifs is 3. The molecular weight excluding hydrogens is 621 g/mol. The number of thioether (sulfide) groups is 1. The number of aliphatic carboxylic acids is 2. The minimum Gasteiger partial charge on any atom is -0.497 e. The maximum absolute atomic E-state index is 13.2. The van der Waals surface area contributed by atoms with Gasteiger partial charge in [0, 0.05) is 23.2 Å². The molecule has 0 aromatic heterocycles. The van der Waals surface area contributed by atoms with Crippen LogP contribution >= 0.6 is 24.0 Å². The van der Waals surface area contributed by atoms with Crippen molar-refractivity contribution in [2.45, 2.75) is 69.4 Å². The number of carboxylic acid groups (broad SMARTS) is 2. The average Bonchev–Trinajstić information content (AvgIpc) is 3.42. The van der Waals surface area contributed by atoms with Crippen LogP contribution in [0.2, 0.25) is 0 Å². The van der Waals surface area contributed by atoms with Gasteiger partial charge < -0.3 is 19.8 Å². The number of methoxy groups -OCH3 is 1. The van der Waals surface area contributed by atoms with Gasteiger partial charge in [-0.15, -0.1) is 0 Å². The van der Waals surface area contributed by atoms with Crippen LogP contribution in [0.25, 0.3) is 17.2 Å². The molecule has 2 aliphatic heterocycles. The molecule has 46 heavy (non-hydrogen) atoms. The third-order valence-electron chi connectivity index (χ3n) is 10.0. The van der Waals surface area contributed by atoms with E-state index in [0.29, 0.717) is 4.91 Å². The van der Waals surface area contributed by atoms with E-state index in [9.17, 15) is 19.5 Å². The molecule has 3 unspecified atom stereocenters. The van der Waals surface area contributed by atoms with Crippen molar-refractivity contribution in [3.05, 3.63) is 82.8 Å². The molecule has 3 aromatic rings. The minimum atomic E-state index is -1.33. The van der Waals surface area contributed by atoms with Crippen LogP contribution in [-0.2, 0) is 19.8 Å². The first kappa shape index (κ1) is 31.8. The second-order valence-electron chi connectivity index (χ2n) is 12.5. The Bertz CT molecular complexity index is 1750. The lowest BCUT2D eigenvalue weighted by Crippen LogP contribution is -2.54. The number of amides is 1. The van der Waals surface area contributed by atoms with Crippen molar-refractivity contribution in [1.82, 2.24) is 4.90 Å². The number of rotatable bonds is 9. The maximum Gasteiger partial charge on any atom is 0.326 e. The highest BCUT2D eigenvalue weighted by Gasteiger charge is 2.57. The van der Waals surface area contributed by atoms with Crippen molar-refractivity contribution in [3.8, 4) is 16.9 Å². The van der Waals surface area contributed by atoms with E-state index in [2.05, 4.69) is 49.1 Å². The zero-order chi connectivity index (χ0) is 32.8. The lowest BCUT2D eigenvalue weighted by atomic mass is 9.61. The van der Waals surface area contributed by atoms with Crippen molar-refractivity contribution in [2.24, 2.45) is 0 Å². The molecule has 1 amide bonds. The van der Waals surface area contributed by atoms with E-state index in [0.717, 1.165) is 57.6 Å². The topological polar surface area (TPSA) is 107 Å². The molecule has 2 N–H and O–H groups in total. The molecule has 2 fully saturated rings. The summed E-state index contributed by atoms with van der Waals surface area (Å²) in [5.41, 5.74) is 6.61. The molecule has 0 spiro atoms. The molecule has 0 radical (unpaired) electrons. The average molecular weight is 657 g/mol. The lowest BCUT2D eigenvalue weighted by molar-refractivity contribution is -0.146. The van der Waals surface area contributed by atoms with Crippen LogP contribution < -0.4 is 9.64 Å².